The second-order valence-electron chi connectivity index (χ2n) is 4.63. The molecule has 0 saturated carbocycles. The number of aromatic nitrogens is 1. The predicted molar refractivity (Wildman–Crippen MR) is 78.1 cm³/mol. The minimum Gasteiger partial charge on any atom is -0.322 e. The summed E-state index contributed by atoms with van der Waals surface area (Å²) in [6.45, 7) is 1.37. The van der Waals surface area contributed by atoms with Crippen molar-refractivity contribution in [2.24, 2.45) is 0 Å². The number of nitrogens with zero attached hydrogens (tertiary/aromatic N) is 1. The molecule has 0 fully saturated rings. The second kappa shape index (κ2) is 6.43. The van der Waals surface area contributed by atoms with Gasteiger partial charge in [-0.3, -0.25) is 9.78 Å². The van der Waals surface area contributed by atoms with Crippen molar-refractivity contribution >= 4 is 17.7 Å². The minimum absolute atomic E-state index is 0.0994. The van der Waals surface area contributed by atoms with Crippen molar-refractivity contribution in [2.45, 2.75) is 13.1 Å². The van der Waals surface area contributed by atoms with Crippen LogP contribution in [0.15, 0.2) is 48.8 Å². The highest BCUT2D eigenvalue weighted by atomic mass is 19.4. The van der Waals surface area contributed by atoms with E-state index < -0.39 is 17.6 Å². The maximum Gasteiger partial charge on any atom is 0.416 e. The highest BCUT2D eigenvalue weighted by Crippen LogP contribution is 2.33. The largest absolute Gasteiger partial charge is 0.416 e. The van der Waals surface area contributed by atoms with Crippen LogP contribution in [0.2, 0.25) is 0 Å². The lowest BCUT2D eigenvalue weighted by molar-refractivity contribution is -0.138. The summed E-state index contributed by atoms with van der Waals surface area (Å²) in [7, 11) is 0. The van der Waals surface area contributed by atoms with Crippen LogP contribution in [0.25, 0.3) is 6.08 Å². The number of pyridine rings is 1. The number of nitrogens with one attached hydrogen (secondary N) is 1. The molecule has 22 heavy (non-hydrogen) atoms. The van der Waals surface area contributed by atoms with Crippen LogP contribution < -0.4 is 5.32 Å². The zero-order chi connectivity index (χ0) is 16.2. The molecule has 1 heterocycles. The average molecular weight is 306 g/mol. The van der Waals surface area contributed by atoms with Gasteiger partial charge in [0.25, 0.3) is 0 Å². The number of carbonyl (C=O) groups excluding carboxylic acids is 1. The van der Waals surface area contributed by atoms with Crippen molar-refractivity contribution in [1.82, 2.24) is 4.98 Å². The maximum atomic E-state index is 12.8. The second-order valence-corrected chi connectivity index (χ2v) is 4.63. The molecule has 2 aromatic rings. The SMILES string of the molecule is Cc1ccc(NC(=O)/C=C/c2ccncc2)cc1C(F)(F)F. The van der Waals surface area contributed by atoms with E-state index in [-0.39, 0.29) is 11.3 Å². The van der Waals surface area contributed by atoms with Crippen LogP contribution in [-0.4, -0.2) is 10.9 Å². The van der Waals surface area contributed by atoms with Gasteiger partial charge in [0.2, 0.25) is 5.91 Å². The first-order valence-corrected chi connectivity index (χ1v) is 6.43. The summed E-state index contributed by atoms with van der Waals surface area (Å²) < 4.78 is 38.4. The predicted octanol–water partition coefficient (Wildman–Crippen LogP) is 4.06. The molecule has 1 amide bonds. The van der Waals surface area contributed by atoms with E-state index in [1.807, 2.05) is 0 Å². The first-order valence-electron chi connectivity index (χ1n) is 6.43. The number of amides is 1. The molecule has 0 atom stereocenters. The number of halogens is 3. The van der Waals surface area contributed by atoms with E-state index in [0.29, 0.717) is 0 Å². The number of anilines is 1. The van der Waals surface area contributed by atoms with Crippen molar-refractivity contribution < 1.29 is 18.0 Å². The molecule has 0 bridgehead atoms. The first-order chi connectivity index (χ1) is 10.4. The maximum absolute atomic E-state index is 12.8. The van der Waals surface area contributed by atoms with Crippen LogP contribution in [0, 0.1) is 6.92 Å². The van der Waals surface area contributed by atoms with Gasteiger partial charge in [0.05, 0.1) is 5.56 Å². The van der Waals surface area contributed by atoms with E-state index in [4.69, 9.17) is 0 Å². The van der Waals surface area contributed by atoms with Crippen molar-refractivity contribution in [3.05, 3.63) is 65.5 Å². The molecular weight excluding hydrogens is 293 g/mol. The lowest BCUT2D eigenvalue weighted by Gasteiger charge is -2.12. The molecule has 1 aromatic carbocycles. The summed E-state index contributed by atoms with van der Waals surface area (Å²) in [5, 5.41) is 2.41. The van der Waals surface area contributed by atoms with Gasteiger partial charge < -0.3 is 5.32 Å². The fourth-order valence-corrected chi connectivity index (χ4v) is 1.84. The number of benzene rings is 1. The van der Waals surface area contributed by atoms with Crippen molar-refractivity contribution in [3.8, 4) is 0 Å². The molecule has 0 aliphatic heterocycles. The van der Waals surface area contributed by atoms with E-state index in [9.17, 15) is 18.0 Å². The van der Waals surface area contributed by atoms with Crippen LogP contribution in [0.5, 0.6) is 0 Å². The van der Waals surface area contributed by atoms with E-state index in [1.165, 1.54) is 25.1 Å². The van der Waals surface area contributed by atoms with Gasteiger partial charge >= 0.3 is 6.18 Å². The lowest BCUT2D eigenvalue weighted by Crippen LogP contribution is -2.11. The molecule has 1 aromatic heterocycles. The fraction of sp³-hybridized carbons (Fsp3) is 0.125. The zero-order valence-corrected chi connectivity index (χ0v) is 11.7. The van der Waals surface area contributed by atoms with Gasteiger partial charge in [-0.1, -0.05) is 6.07 Å². The normalized spacial score (nSPS) is 11.6. The van der Waals surface area contributed by atoms with Crippen LogP contribution in [0.3, 0.4) is 0 Å². The molecule has 1 N–H and O–H groups in total. The minimum atomic E-state index is -4.45. The molecule has 6 heteroatoms. The van der Waals surface area contributed by atoms with E-state index in [1.54, 1.807) is 30.6 Å². The number of aryl methyl sites for hydroxylation is 1. The summed E-state index contributed by atoms with van der Waals surface area (Å²) in [6, 6.07) is 7.09. The van der Waals surface area contributed by atoms with Crippen molar-refractivity contribution in [3.63, 3.8) is 0 Å². The molecule has 0 saturated heterocycles. The van der Waals surface area contributed by atoms with Crippen LogP contribution in [-0.2, 0) is 11.0 Å². The number of rotatable bonds is 3. The van der Waals surface area contributed by atoms with Crippen LogP contribution in [0.4, 0.5) is 18.9 Å². The third kappa shape index (κ3) is 4.18. The Morgan fingerprint density at radius 3 is 2.50 bits per heavy atom. The van der Waals surface area contributed by atoms with E-state index in [0.717, 1.165) is 11.6 Å². The number of carbonyl (C=O) groups is 1. The smallest absolute Gasteiger partial charge is 0.322 e. The van der Waals surface area contributed by atoms with Crippen LogP contribution in [0.1, 0.15) is 16.7 Å². The molecule has 0 unspecified atom stereocenters. The molecule has 3 nitrogen and oxygen atoms in total. The lowest BCUT2D eigenvalue weighted by atomic mass is 10.1. The van der Waals surface area contributed by atoms with Crippen molar-refractivity contribution in [1.29, 1.82) is 0 Å². The molecule has 114 valence electrons. The average Bonchev–Trinajstić information content (AvgIpc) is 2.47. The highest BCUT2D eigenvalue weighted by Gasteiger charge is 2.32. The Balaban J connectivity index is 2.11. The molecule has 0 aliphatic rings. The van der Waals surface area contributed by atoms with E-state index in [2.05, 4.69) is 10.3 Å². The molecule has 0 spiro atoms. The van der Waals surface area contributed by atoms with Gasteiger partial charge in [0.1, 0.15) is 0 Å². The Morgan fingerprint density at radius 2 is 1.86 bits per heavy atom. The third-order valence-electron chi connectivity index (χ3n) is 2.94. The summed E-state index contributed by atoms with van der Waals surface area (Å²) in [4.78, 5) is 15.6. The summed E-state index contributed by atoms with van der Waals surface area (Å²) in [5.41, 5.74) is 0.216. The Hall–Kier alpha value is -2.63. The zero-order valence-electron chi connectivity index (χ0n) is 11.7. The third-order valence-corrected chi connectivity index (χ3v) is 2.94. The van der Waals surface area contributed by atoms with Gasteiger partial charge in [-0.05, 0) is 48.4 Å². The van der Waals surface area contributed by atoms with Gasteiger partial charge in [0.15, 0.2) is 0 Å². The summed E-state index contributed by atoms with van der Waals surface area (Å²) >= 11 is 0. The Labute approximate surface area is 125 Å². The Bertz CT molecular complexity index is 694. The fourth-order valence-electron chi connectivity index (χ4n) is 1.84. The van der Waals surface area contributed by atoms with Crippen LogP contribution >= 0.6 is 0 Å². The Kier molecular flexibility index (Phi) is 4.60. The van der Waals surface area contributed by atoms with Gasteiger partial charge in [-0.2, -0.15) is 13.2 Å². The first kappa shape index (κ1) is 15.8. The quantitative estimate of drug-likeness (QED) is 0.869. The highest BCUT2D eigenvalue weighted by molar-refractivity contribution is 6.01. The molecular formula is C16H13F3N2O. The topological polar surface area (TPSA) is 42.0 Å². The molecule has 2 rings (SSSR count). The number of hydrogen-bond acceptors (Lipinski definition) is 2. The van der Waals surface area contributed by atoms with Crippen molar-refractivity contribution in [2.75, 3.05) is 5.32 Å². The monoisotopic (exact) mass is 306 g/mol. The van der Waals surface area contributed by atoms with Gasteiger partial charge in [-0.25, -0.2) is 0 Å². The number of alkyl halides is 3. The number of hydrogen-bond donors (Lipinski definition) is 1. The standard InChI is InChI=1S/C16H13F3N2O/c1-11-2-4-13(10-14(11)16(17,18)19)21-15(22)5-3-12-6-8-20-9-7-12/h2-10H,1H3,(H,21,22)/b5-3+. The Morgan fingerprint density at radius 1 is 1.18 bits per heavy atom. The van der Waals surface area contributed by atoms with Gasteiger partial charge in [0, 0.05) is 24.2 Å². The molecule has 0 aliphatic carbocycles. The van der Waals surface area contributed by atoms with E-state index >= 15 is 0 Å². The summed E-state index contributed by atoms with van der Waals surface area (Å²) in [6.07, 6.45) is 1.51. The molecule has 0 radical (unpaired) electrons. The summed E-state index contributed by atoms with van der Waals surface area (Å²) in [5.74, 6) is -0.506. The van der Waals surface area contributed by atoms with Gasteiger partial charge in [-0.15, -0.1) is 0 Å².